The molecule has 4 rings (SSSR count). The number of carbonyl (C=O) groups excluding carboxylic acids is 1. The van der Waals surface area contributed by atoms with Gasteiger partial charge in [-0.3, -0.25) is 4.79 Å². The van der Waals surface area contributed by atoms with Crippen molar-refractivity contribution in [3.05, 3.63) is 101 Å². The van der Waals surface area contributed by atoms with Crippen molar-refractivity contribution in [2.45, 2.75) is 19.3 Å². The summed E-state index contributed by atoms with van der Waals surface area (Å²) >= 11 is 0. The first-order valence-corrected chi connectivity index (χ1v) is 10.2. The van der Waals surface area contributed by atoms with Crippen molar-refractivity contribution >= 4 is 11.6 Å². The molecule has 0 unspecified atom stereocenters. The van der Waals surface area contributed by atoms with E-state index >= 15 is 0 Å². The van der Waals surface area contributed by atoms with Crippen LogP contribution in [0.2, 0.25) is 0 Å². The Morgan fingerprint density at radius 2 is 1.62 bits per heavy atom. The van der Waals surface area contributed by atoms with E-state index in [4.69, 9.17) is 4.52 Å². The zero-order valence-electron chi connectivity index (χ0n) is 17.6. The van der Waals surface area contributed by atoms with Crippen LogP contribution in [0.3, 0.4) is 0 Å². The molecule has 0 aliphatic rings. The number of alkyl halides is 3. The molecule has 10 heteroatoms. The average molecular weight is 470 g/mol. The molecule has 0 aliphatic heterocycles. The molecule has 0 saturated heterocycles. The van der Waals surface area contributed by atoms with Gasteiger partial charge in [0.05, 0.1) is 12.1 Å². The maximum absolute atomic E-state index is 13.7. The summed E-state index contributed by atoms with van der Waals surface area (Å²) in [6.07, 6.45) is -4.42. The number of hydrogen-bond acceptors (Lipinski definition) is 5. The number of rotatable bonds is 7. The molecule has 34 heavy (non-hydrogen) atoms. The number of hydrogen-bond donors (Lipinski definition) is 2. The van der Waals surface area contributed by atoms with E-state index in [1.54, 1.807) is 42.5 Å². The summed E-state index contributed by atoms with van der Waals surface area (Å²) in [5, 5.41) is 9.52. The molecule has 0 aliphatic carbocycles. The van der Waals surface area contributed by atoms with E-state index in [2.05, 4.69) is 20.8 Å². The minimum absolute atomic E-state index is 0.0733. The summed E-state index contributed by atoms with van der Waals surface area (Å²) in [4.78, 5) is 16.5. The highest BCUT2D eigenvalue weighted by atomic mass is 19.4. The van der Waals surface area contributed by atoms with Crippen LogP contribution in [-0.2, 0) is 19.3 Å². The molecular formula is C24H18F4N4O2. The van der Waals surface area contributed by atoms with E-state index in [0.717, 1.165) is 12.1 Å². The van der Waals surface area contributed by atoms with Gasteiger partial charge < -0.3 is 15.2 Å². The van der Waals surface area contributed by atoms with Gasteiger partial charge in [0.15, 0.2) is 0 Å². The zero-order chi connectivity index (χ0) is 24.1. The van der Waals surface area contributed by atoms with Crippen molar-refractivity contribution in [2.75, 3.05) is 5.32 Å². The fourth-order valence-electron chi connectivity index (χ4n) is 3.09. The van der Waals surface area contributed by atoms with Crippen molar-refractivity contribution in [1.29, 1.82) is 0 Å². The molecule has 3 aromatic carbocycles. The largest absolute Gasteiger partial charge is 0.416 e. The lowest BCUT2D eigenvalue weighted by molar-refractivity contribution is -0.137. The van der Waals surface area contributed by atoms with Crippen molar-refractivity contribution in [3.8, 4) is 11.4 Å². The van der Waals surface area contributed by atoms with Crippen molar-refractivity contribution in [2.24, 2.45) is 0 Å². The van der Waals surface area contributed by atoms with Gasteiger partial charge in [-0.2, -0.15) is 18.2 Å². The summed E-state index contributed by atoms with van der Waals surface area (Å²) in [5.41, 5.74) is 1.12. The van der Waals surface area contributed by atoms with Crippen LogP contribution in [0.25, 0.3) is 11.4 Å². The fraction of sp³-hybridized carbons (Fsp3) is 0.125. The fourth-order valence-corrected chi connectivity index (χ4v) is 3.09. The number of nitrogens with one attached hydrogen (secondary N) is 2. The quantitative estimate of drug-likeness (QED) is 0.352. The highest BCUT2D eigenvalue weighted by Gasteiger charge is 2.30. The lowest BCUT2D eigenvalue weighted by Crippen LogP contribution is -2.23. The normalized spacial score (nSPS) is 11.3. The van der Waals surface area contributed by atoms with Crippen LogP contribution in [0, 0.1) is 5.82 Å². The summed E-state index contributed by atoms with van der Waals surface area (Å²) in [5.74, 6) is -0.313. The number of benzene rings is 3. The third-order valence-electron chi connectivity index (χ3n) is 4.93. The maximum Gasteiger partial charge on any atom is 0.416 e. The first-order valence-electron chi connectivity index (χ1n) is 10.2. The van der Waals surface area contributed by atoms with Crippen LogP contribution < -0.4 is 10.6 Å². The summed E-state index contributed by atoms with van der Waals surface area (Å²) in [6.45, 7) is 0.246. The Morgan fingerprint density at radius 1 is 0.912 bits per heavy atom. The standard InChI is InChI=1S/C24H18F4N4O2/c25-20-4-2-1-3-17(20)13-30-23(33)16-7-11-19(12-8-16)29-14-21-31-22(32-34-21)15-5-9-18(10-6-15)24(26,27)28/h1-12,29H,13-14H2,(H,30,33). The van der Waals surface area contributed by atoms with Crippen LogP contribution in [0.1, 0.15) is 27.4 Å². The zero-order valence-corrected chi connectivity index (χ0v) is 17.6. The second-order valence-electron chi connectivity index (χ2n) is 7.29. The van der Waals surface area contributed by atoms with Gasteiger partial charge >= 0.3 is 6.18 Å². The molecule has 6 nitrogen and oxygen atoms in total. The maximum atomic E-state index is 13.7. The number of carbonyl (C=O) groups is 1. The Bertz CT molecular complexity index is 1270. The molecule has 0 radical (unpaired) electrons. The van der Waals surface area contributed by atoms with Gasteiger partial charge in [-0.1, -0.05) is 35.5 Å². The van der Waals surface area contributed by atoms with Gasteiger partial charge in [0, 0.05) is 28.9 Å². The molecule has 2 N–H and O–H groups in total. The van der Waals surface area contributed by atoms with Crippen molar-refractivity contribution in [1.82, 2.24) is 15.5 Å². The minimum atomic E-state index is -4.42. The van der Waals surface area contributed by atoms with Gasteiger partial charge in [-0.05, 0) is 42.5 Å². The van der Waals surface area contributed by atoms with Crippen LogP contribution in [0.5, 0.6) is 0 Å². The molecular weight excluding hydrogens is 452 g/mol. The topological polar surface area (TPSA) is 80.0 Å². The Labute approximate surface area is 191 Å². The Morgan fingerprint density at radius 3 is 2.29 bits per heavy atom. The van der Waals surface area contributed by atoms with E-state index in [-0.39, 0.29) is 36.5 Å². The van der Waals surface area contributed by atoms with Gasteiger partial charge in [0.1, 0.15) is 5.82 Å². The predicted molar refractivity (Wildman–Crippen MR) is 116 cm³/mol. The van der Waals surface area contributed by atoms with Gasteiger partial charge in [-0.15, -0.1) is 0 Å². The van der Waals surface area contributed by atoms with Crippen LogP contribution in [0.15, 0.2) is 77.3 Å². The van der Waals surface area contributed by atoms with Gasteiger partial charge in [0.25, 0.3) is 5.91 Å². The Hall–Kier alpha value is -4.21. The van der Waals surface area contributed by atoms with E-state index in [1.807, 2.05) is 0 Å². The molecule has 1 amide bonds. The monoisotopic (exact) mass is 470 g/mol. The molecule has 1 heterocycles. The second-order valence-corrected chi connectivity index (χ2v) is 7.29. The molecule has 0 spiro atoms. The number of anilines is 1. The first kappa shape index (κ1) is 23.0. The van der Waals surface area contributed by atoms with Crippen LogP contribution >= 0.6 is 0 Å². The van der Waals surface area contributed by atoms with Crippen molar-refractivity contribution in [3.63, 3.8) is 0 Å². The van der Waals surface area contributed by atoms with Crippen molar-refractivity contribution < 1.29 is 26.9 Å². The highest BCUT2D eigenvalue weighted by Crippen LogP contribution is 2.30. The SMILES string of the molecule is O=C(NCc1ccccc1F)c1ccc(NCc2nc(-c3ccc(C(F)(F)F)cc3)no2)cc1. The van der Waals surface area contributed by atoms with E-state index in [0.29, 0.717) is 22.4 Å². The third kappa shape index (κ3) is 5.58. The summed E-state index contributed by atoms with van der Waals surface area (Å²) in [7, 11) is 0. The second kappa shape index (κ2) is 9.74. The molecule has 0 bridgehead atoms. The smallest absolute Gasteiger partial charge is 0.376 e. The molecule has 174 valence electrons. The number of halogens is 4. The van der Waals surface area contributed by atoms with E-state index < -0.39 is 11.7 Å². The van der Waals surface area contributed by atoms with Gasteiger partial charge in [0.2, 0.25) is 11.7 Å². The molecule has 0 fully saturated rings. The third-order valence-corrected chi connectivity index (χ3v) is 4.93. The van der Waals surface area contributed by atoms with Gasteiger partial charge in [-0.25, -0.2) is 4.39 Å². The molecule has 0 saturated carbocycles. The number of amides is 1. The Balaban J connectivity index is 1.31. The minimum Gasteiger partial charge on any atom is -0.376 e. The molecule has 0 atom stereocenters. The number of aromatic nitrogens is 2. The molecule has 4 aromatic rings. The first-order chi connectivity index (χ1) is 16.3. The lowest BCUT2D eigenvalue weighted by atomic mass is 10.1. The predicted octanol–water partition coefficient (Wildman–Crippen LogP) is 5.44. The lowest BCUT2D eigenvalue weighted by Gasteiger charge is -2.08. The number of nitrogens with zero attached hydrogens (tertiary/aromatic N) is 2. The summed E-state index contributed by atoms with van der Waals surface area (Å²) < 4.78 is 56.9. The van der Waals surface area contributed by atoms with E-state index in [9.17, 15) is 22.4 Å². The van der Waals surface area contributed by atoms with E-state index in [1.165, 1.54) is 18.2 Å². The average Bonchev–Trinajstić information content (AvgIpc) is 3.31. The summed E-state index contributed by atoms with van der Waals surface area (Å²) in [6, 6.07) is 17.3. The highest BCUT2D eigenvalue weighted by molar-refractivity contribution is 5.94. The molecule has 1 aromatic heterocycles. The van der Waals surface area contributed by atoms with Crippen LogP contribution in [0.4, 0.5) is 23.2 Å². The van der Waals surface area contributed by atoms with Crippen LogP contribution in [-0.4, -0.2) is 16.0 Å². The Kier molecular flexibility index (Phi) is 6.58.